The molecule has 0 atom stereocenters. The zero-order valence-electron chi connectivity index (χ0n) is 18.9. The fourth-order valence-corrected chi connectivity index (χ4v) is 4.45. The molecule has 1 aliphatic carbocycles. The highest BCUT2D eigenvalue weighted by Crippen LogP contribution is 2.28. The highest BCUT2D eigenvalue weighted by Gasteiger charge is 2.22. The number of anilines is 2. The van der Waals surface area contributed by atoms with Crippen LogP contribution < -0.4 is 20.3 Å². The number of fused-ring (bicyclic) bond motifs is 1. The summed E-state index contributed by atoms with van der Waals surface area (Å²) >= 11 is 6.12. The number of benzene rings is 2. The van der Waals surface area contributed by atoms with Crippen LogP contribution in [-0.4, -0.2) is 49.8 Å². The molecule has 0 spiro atoms. The van der Waals surface area contributed by atoms with Gasteiger partial charge >= 0.3 is 0 Å². The Hall–Kier alpha value is -2.57. The van der Waals surface area contributed by atoms with Gasteiger partial charge in [0, 0.05) is 32.1 Å². The average Bonchev–Trinajstić information content (AvgIpc) is 2.80. The lowest BCUT2D eigenvalue weighted by molar-refractivity contribution is 0.289. The van der Waals surface area contributed by atoms with Crippen molar-refractivity contribution in [3.63, 3.8) is 0 Å². The molecule has 0 aliphatic heterocycles. The molecular formula is C25H32ClN5O. The molecule has 3 aromatic rings. The van der Waals surface area contributed by atoms with Crippen LogP contribution in [0.4, 0.5) is 11.8 Å². The number of aromatic nitrogens is 2. The van der Waals surface area contributed by atoms with E-state index in [2.05, 4.69) is 16.7 Å². The van der Waals surface area contributed by atoms with E-state index in [9.17, 15) is 0 Å². The standard InChI is InChI=1S/C25H32ClN5O/c1-31(2)24-20-7-3-5-9-22(20)29-25(30-24)28-19-13-11-18(12-14-19)17-27-15-16-32-23-10-6-4-8-21(23)26/h3-10,18-19,27H,11-17H2,1-2H3,(H,28,29,30)/t18-,19+. The number of para-hydroxylation sites is 2. The SMILES string of the molecule is CN(C)c1nc(N[C@H]2CC[C@@H](CNCCOc3ccccc3Cl)CC2)nc2ccccc12. The molecule has 170 valence electrons. The van der Waals surface area contributed by atoms with E-state index in [4.69, 9.17) is 26.3 Å². The van der Waals surface area contributed by atoms with Crippen molar-refractivity contribution in [1.82, 2.24) is 15.3 Å². The lowest BCUT2D eigenvalue weighted by atomic mass is 9.86. The van der Waals surface area contributed by atoms with Gasteiger partial charge in [-0.25, -0.2) is 4.98 Å². The molecule has 1 aliphatic rings. The van der Waals surface area contributed by atoms with Crippen molar-refractivity contribution in [2.75, 3.05) is 44.0 Å². The Bertz CT molecular complexity index is 1020. The lowest BCUT2D eigenvalue weighted by Crippen LogP contribution is -2.33. The minimum absolute atomic E-state index is 0.422. The summed E-state index contributed by atoms with van der Waals surface area (Å²) in [7, 11) is 4.05. The monoisotopic (exact) mass is 453 g/mol. The number of rotatable bonds is 9. The van der Waals surface area contributed by atoms with E-state index in [1.54, 1.807) is 0 Å². The molecule has 0 radical (unpaired) electrons. The van der Waals surface area contributed by atoms with Gasteiger partial charge in [0.15, 0.2) is 0 Å². The summed E-state index contributed by atoms with van der Waals surface area (Å²) in [6.45, 7) is 2.46. The maximum absolute atomic E-state index is 6.12. The molecule has 0 unspecified atom stereocenters. The maximum Gasteiger partial charge on any atom is 0.225 e. The van der Waals surface area contributed by atoms with Crippen molar-refractivity contribution in [3.05, 3.63) is 53.6 Å². The topological polar surface area (TPSA) is 62.3 Å². The van der Waals surface area contributed by atoms with E-state index in [0.717, 1.165) is 54.3 Å². The molecule has 32 heavy (non-hydrogen) atoms. The van der Waals surface area contributed by atoms with Crippen LogP contribution in [0.5, 0.6) is 5.75 Å². The second kappa shape index (κ2) is 10.8. The van der Waals surface area contributed by atoms with E-state index in [0.29, 0.717) is 23.6 Å². The van der Waals surface area contributed by atoms with Crippen molar-refractivity contribution < 1.29 is 4.74 Å². The zero-order valence-corrected chi connectivity index (χ0v) is 19.6. The normalized spacial score (nSPS) is 18.5. The van der Waals surface area contributed by atoms with Crippen LogP contribution in [-0.2, 0) is 0 Å². The van der Waals surface area contributed by atoms with Crippen molar-refractivity contribution >= 4 is 34.3 Å². The van der Waals surface area contributed by atoms with E-state index in [1.807, 2.05) is 61.5 Å². The molecule has 1 fully saturated rings. The third kappa shape index (κ3) is 5.81. The molecule has 0 bridgehead atoms. The minimum Gasteiger partial charge on any atom is -0.491 e. The number of hydrogen-bond donors (Lipinski definition) is 2. The molecule has 6 nitrogen and oxygen atoms in total. The van der Waals surface area contributed by atoms with Gasteiger partial charge in [0.2, 0.25) is 5.95 Å². The number of ether oxygens (including phenoxy) is 1. The van der Waals surface area contributed by atoms with Gasteiger partial charge in [-0.05, 0) is 62.4 Å². The molecule has 2 aromatic carbocycles. The average molecular weight is 454 g/mol. The third-order valence-corrected chi connectivity index (χ3v) is 6.31. The van der Waals surface area contributed by atoms with Crippen molar-refractivity contribution in [1.29, 1.82) is 0 Å². The number of hydrogen-bond acceptors (Lipinski definition) is 6. The fraction of sp³-hybridized carbons (Fsp3) is 0.440. The molecule has 0 amide bonds. The Labute approximate surface area is 195 Å². The fourth-order valence-electron chi connectivity index (χ4n) is 4.26. The molecule has 0 saturated heterocycles. The van der Waals surface area contributed by atoms with Crippen LogP contribution in [0.3, 0.4) is 0 Å². The Kier molecular flexibility index (Phi) is 7.66. The predicted octanol–water partition coefficient (Wildman–Crippen LogP) is 4.99. The summed E-state index contributed by atoms with van der Waals surface area (Å²) in [6.07, 6.45) is 4.67. The molecule has 1 aromatic heterocycles. The predicted molar refractivity (Wildman–Crippen MR) is 133 cm³/mol. The third-order valence-electron chi connectivity index (χ3n) is 5.99. The van der Waals surface area contributed by atoms with E-state index in [-0.39, 0.29) is 0 Å². The van der Waals surface area contributed by atoms with Gasteiger partial charge in [0.05, 0.1) is 10.5 Å². The lowest BCUT2D eigenvalue weighted by Gasteiger charge is -2.29. The van der Waals surface area contributed by atoms with Crippen molar-refractivity contribution in [2.24, 2.45) is 5.92 Å². The van der Waals surface area contributed by atoms with E-state index < -0.39 is 0 Å². The maximum atomic E-state index is 6.12. The van der Waals surface area contributed by atoms with Crippen molar-refractivity contribution in [3.8, 4) is 5.75 Å². The van der Waals surface area contributed by atoms with Gasteiger partial charge < -0.3 is 20.3 Å². The molecule has 7 heteroatoms. The van der Waals surface area contributed by atoms with Gasteiger partial charge in [-0.3, -0.25) is 0 Å². The van der Waals surface area contributed by atoms with Crippen LogP contribution in [0.15, 0.2) is 48.5 Å². The molecule has 1 saturated carbocycles. The van der Waals surface area contributed by atoms with Crippen LogP contribution in [0.2, 0.25) is 5.02 Å². The van der Waals surface area contributed by atoms with Crippen LogP contribution in [0.25, 0.3) is 10.9 Å². The molecule has 2 N–H and O–H groups in total. The van der Waals surface area contributed by atoms with Gasteiger partial charge in [0.25, 0.3) is 0 Å². The Morgan fingerprint density at radius 3 is 2.53 bits per heavy atom. The number of nitrogens with zero attached hydrogens (tertiary/aromatic N) is 3. The highest BCUT2D eigenvalue weighted by atomic mass is 35.5. The first-order chi connectivity index (χ1) is 15.6. The summed E-state index contributed by atoms with van der Waals surface area (Å²) in [5, 5.41) is 8.86. The van der Waals surface area contributed by atoms with E-state index >= 15 is 0 Å². The Morgan fingerprint density at radius 2 is 1.75 bits per heavy atom. The van der Waals surface area contributed by atoms with Gasteiger partial charge in [-0.1, -0.05) is 35.9 Å². The van der Waals surface area contributed by atoms with Gasteiger partial charge in [-0.2, -0.15) is 4.98 Å². The van der Waals surface area contributed by atoms with Gasteiger partial charge in [-0.15, -0.1) is 0 Å². The van der Waals surface area contributed by atoms with Crippen LogP contribution in [0, 0.1) is 5.92 Å². The second-order valence-corrected chi connectivity index (χ2v) is 9.03. The number of halogens is 1. The first kappa shape index (κ1) is 22.6. The Morgan fingerprint density at radius 1 is 1.00 bits per heavy atom. The van der Waals surface area contributed by atoms with Gasteiger partial charge in [0.1, 0.15) is 18.2 Å². The largest absolute Gasteiger partial charge is 0.491 e. The summed E-state index contributed by atoms with van der Waals surface area (Å²) in [5.41, 5.74) is 0.977. The minimum atomic E-state index is 0.422. The quantitative estimate of drug-likeness (QED) is 0.445. The van der Waals surface area contributed by atoms with E-state index in [1.165, 1.54) is 12.8 Å². The summed E-state index contributed by atoms with van der Waals surface area (Å²) in [4.78, 5) is 11.6. The molecular weight excluding hydrogens is 422 g/mol. The smallest absolute Gasteiger partial charge is 0.225 e. The second-order valence-electron chi connectivity index (χ2n) is 8.63. The summed E-state index contributed by atoms with van der Waals surface area (Å²) in [6, 6.07) is 16.2. The summed E-state index contributed by atoms with van der Waals surface area (Å²) in [5.74, 6) is 3.12. The molecule has 4 rings (SSSR count). The van der Waals surface area contributed by atoms with Crippen LogP contribution in [0.1, 0.15) is 25.7 Å². The zero-order chi connectivity index (χ0) is 22.3. The first-order valence-corrected chi connectivity index (χ1v) is 11.8. The highest BCUT2D eigenvalue weighted by molar-refractivity contribution is 6.32. The van der Waals surface area contributed by atoms with Crippen LogP contribution >= 0.6 is 11.6 Å². The first-order valence-electron chi connectivity index (χ1n) is 11.4. The molecule has 1 heterocycles. The number of nitrogens with one attached hydrogen (secondary N) is 2. The summed E-state index contributed by atoms with van der Waals surface area (Å²) < 4.78 is 5.74. The Balaban J connectivity index is 1.21. The van der Waals surface area contributed by atoms with Crippen molar-refractivity contribution in [2.45, 2.75) is 31.7 Å².